The summed E-state index contributed by atoms with van der Waals surface area (Å²) in [6.07, 6.45) is 0. The van der Waals surface area contributed by atoms with Crippen molar-refractivity contribution in [3.05, 3.63) is 68.6 Å². The molecule has 0 spiro atoms. The Morgan fingerprint density at radius 3 is 2.33 bits per heavy atom. The molecule has 0 unspecified atom stereocenters. The Morgan fingerprint density at radius 2 is 1.77 bits per heavy atom. The summed E-state index contributed by atoms with van der Waals surface area (Å²) in [4.78, 5) is 22.2. The molecule has 12 nitrogen and oxygen atoms in total. The number of aryl methyl sites for hydroxylation is 1. The van der Waals surface area contributed by atoms with Crippen LogP contribution in [0.3, 0.4) is 0 Å². The topological polar surface area (TPSA) is 184 Å². The van der Waals surface area contributed by atoms with E-state index in [1.165, 1.54) is 19.1 Å². The van der Waals surface area contributed by atoms with Crippen molar-refractivity contribution < 1.29 is 41.5 Å². The predicted molar refractivity (Wildman–Crippen MR) is 95.9 cm³/mol. The minimum absolute atomic E-state index is 0. The van der Waals surface area contributed by atoms with Crippen LogP contribution in [-0.2, 0) is 27.2 Å². The fourth-order valence-electron chi connectivity index (χ4n) is 2.34. The maximum absolute atomic E-state index is 12.5. The van der Waals surface area contributed by atoms with Gasteiger partial charge in [0, 0.05) is 17.8 Å². The molecular weight excluding hydrogens is 470 g/mol. The smallest absolute Gasteiger partial charge is 0.871 e. The molecule has 0 saturated carbocycles. The number of hydrogen-bond donors (Lipinski definition) is 0. The Kier molecular flexibility index (Phi) is 6.57. The van der Waals surface area contributed by atoms with Gasteiger partial charge in [-0.25, -0.2) is 8.42 Å². The summed E-state index contributed by atoms with van der Waals surface area (Å²) < 4.78 is 33.9. The van der Waals surface area contributed by atoms with Gasteiger partial charge in [0.2, 0.25) is 0 Å². The normalized spacial score (nSPS) is 11.4. The van der Waals surface area contributed by atoms with Crippen LogP contribution in [0.15, 0.2) is 62.4 Å². The Labute approximate surface area is 180 Å². The van der Waals surface area contributed by atoms with Crippen LogP contribution in [0.1, 0.15) is 7.12 Å². The van der Waals surface area contributed by atoms with Crippen molar-refractivity contribution in [1.29, 1.82) is 0 Å². The van der Waals surface area contributed by atoms with Crippen molar-refractivity contribution >= 4 is 27.2 Å². The Hall–Kier alpha value is -3.32. The van der Waals surface area contributed by atoms with Gasteiger partial charge < -0.3 is 19.4 Å². The number of nitrogens with zero attached hydrogens (tertiary/aromatic N) is 5. The fraction of sp³-hybridized carbons (Fsp3) is 0.0625. The van der Waals surface area contributed by atoms with Gasteiger partial charge in [0.25, 0.3) is 11.2 Å². The minimum Gasteiger partial charge on any atom is -0.871 e. The second-order valence-electron chi connectivity index (χ2n) is 5.71. The van der Waals surface area contributed by atoms with E-state index >= 15 is 0 Å². The number of aromatic nitrogens is 2. The predicted octanol–water partition coefficient (Wildman–Crippen LogP) is 1.51. The zero-order chi connectivity index (χ0) is 21.3. The van der Waals surface area contributed by atoms with Crippen LogP contribution >= 0.6 is 0 Å². The van der Waals surface area contributed by atoms with Crippen LogP contribution in [0.4, 0.5) is 17.1 Å². The molecule has 1 heterocycles. The third kappa shape index (κ3) is 4.63. The van der Waals surface area contributed by atoms with Gasteiger partial charge in [-0.3, -0.25) is 14.9 Å². The number of hydrogen-bond acceptors (Lipinski definition) is 9. The number of benzene rings is 2. The molecule has 0 amide bonds. The Balaban J connectivity index is 0.00000240. The van der Waals surface area contributed by atoms with Gasteiger partial charge in [0.15, 0.2) is 0 Å². The molecule has 30 heavy (non-hydrogen) atoms. The second-order valence-corrected chi connectivity index (χ2v) is 7.09. The maximum Gasteiger partial charge on any atom is 2.00 e. The molecule has 14 heteroatoms. The number of nitro groups is 1. The number of rotatable bonds is 5. The van der Waals surface area contributed by atoms with Gasteiger partial charge >= 0.3 is 18.5 Å². The quantitative estimate of drug-likeness (QED) is 0.173. The zero-order valence-corrected chi connectivity index (χ0v) is 16.6. The van der Waals surface area contributed by atoms with Crippen LogP contribution in [0.25, 0.3) is 5.69 Å². The van der Waals surface area contributed by atoms with Crippen molar-refractivity contribution in [3.63, 3.8) is 0 Å². The molecule has 3 rings (SSSR count). The third-order valence-corrected chi connectivity index (χ3v) is 4.62. The molecule has 0 aliphatic carbocycles. The first-order valence-corrected chi connectivity index (χ1v) is 9.19. The molecule has 0 bridgehead atoms. The number of azo groups is 1. The summed E-state index contributed by atoms with van der Waals surface area (Å²) in [5.74, 6) is -0.619. The standard InChI is InChI=1S/C16H13N5O7S.Cu/c1-9-15(18-17-13-8-11(21(24)25)4-7-14(13)22)16(23)20(19-9)10-2-5-12(6-3-10)29(26,27)28;/h2-8H,1H3,(H3,17,18,19,22,23,26,27,28);/q;+2/p-2. The zero-order valence-electron chi connectivity index (χ0n) is 15.8. The average molecular weight is 481 g/mol. The van der Waals surface area contributed by atoms with Gasteiger partial charge in [0.1, 0.15) is 15.8 Å². The van der Waals surface area contributed by atoms with Crippen LogP contribution in [0.2, 0.25) is 0 Å². The minimum atomic E-state index is -4.64. The van der Waals surface area contributed by atoms with Crippen molar-refractivity contribution in [1.82, 2.24) is 9.78 Å². The van der Waals surface area contributed by atoms with E-state index in [2.05, 4.69) is 15.3 Å². The summed E-state index contributed by atoms with van der Waals surface area (Å²) in [5.41, 5.74) is -1.29. The first-order valence-electron chi connectivity index (χ1n) is 7.78. The molecule has 0 fully saturated rings. The Morgan fingerprint density at radius 1 is 1.13 bits per heavy atom. The van der Waals surface area contributed by atoms with Crippen LogP contribution in [-0.4, -0.2) is 22.6 Å². The van der Waals surface area contributed by atoms with Crippen molar-refractivity contribution in [2.45, 2.75) is 11.8 Å². The van der Waals surface area contributed by atoms with E-state index in [0.29, 0.717) is 0 Å². The molecule has 1 aromatic heterocycles. The molecule has 0 atom stereocenters. The molecule has 0 aliphatic rings. The summed E-state index contributed by atoms with van der Waals surface area (Å²) in [6, 6.07) is 7.41. The summed E-state index contributed by atoms with van der Waals surface area (Å²) in [7, 11) is -4.64. The van der Waals surface area contributed by atoms with Crippen molar-refractivity contribution in [2.75, 3.05) is 0 Å². The monoisotopic (exact) mass is 480 g/mol. The van der Waals surface area contributed by atoms with E-state index in [1.807, 2.05) is 0 Å². The van der Waals surface area contributed by atoms with E-state index in [-0.39, 0.29) is 46.9 Å². The number of nitro benzene ring substituents is 1. The van der Waals surface area contributed by atoms with Crippen LogP contribution in [0, 0.1) is 17.0 Å². The summed E-state index contributed by atoms with van der Waals surface area (Å²) in [6.45, 7) is 1.45. The molecular formula is C16H11CuN5O7S. The second kappa shape index (κ2) is 8.59. The van der Waals surface area contributed by atoms with Crippen LogP contribution < -0.4 is 15.8 Å². The van der Waals surface area contributed by atoms with Gasteiger partial charge in [-0.05, 0) is 24.3 Å². The summed E-state index contributed by atoms with van der Waals surface area (Å²) >= 11 is 0. The molecule has 1 radical (unpaired) electrons. The third-order valence-electron chi connectivity index (χ3n) is 3.77. The maximum atomic E-state index is 12.5. The molecule has 0 saturated heterocycles. The molecule has 2 aromatic carbocycles. The fourth-order valence-corrected chi connectivity index (χ4v) is 2.81. The first-order chi connectivity index (χ1) is 13.6. The largest absolute Gasteiger partial charge is 2.00 e. The van der Waals surface area contributed by atoms with Crippen molar-refractivity contribution in [3.8, 4) is 11.4 Å². The SMILES string of the molecule is Cc1[n-]n(-c2ccc(S(=O)(=O)[O-])cc2)c(=O)c1N=Nc1cc([N+](=O)[O-])ccc1[O-].[Cu+2].[H+]. The van der Waals surface area contributed by atoms with Gasteiger partial charge in [0.05, 0.1) is 15.5 Å². The van der Waals surface area contributed by atoms with Gasteiger partial charge in [-0.2, -0.15) is 5.11 Å². The molecule has 0 N–H and O–H groups in total. The van der Waals surface area contributed by atoms with Gasteiger partial charge in [-0.15, -0.1) is 10.8 Å². The van der Waals surface area contributed by atoms with Crippen LogP contribution in [0.5, 0.6) is 5.75 Å². The van der Waals surface area contributed by atoms with E-state index in [9.17, 15) is 33.0 Å². The average Bonchev–Trinajstić information content (AvgIpc) is 2.94. The first kappa shape index (κ1) is 23.0. The molecule has 3 aromatic rings. The number of non-ortho nitro benzene ring substituents is 1. The molecule has 0 aliphatic heterocycles. The Bertz CT molecular complexity index is 1300. The van der Waals surface area contributed by atoms with E-state index in [1.54, 1.807) is 0 Å². The molecule has 159 valence electrons. The van der Waals surface area contributed by atoms with Gasteiger partial charge in [-0.1, -0.05) is 18.7 Å². The van der Waals surface area contributed by atoms with E-state index in [0.717, 1.165) is 35.0 Å². The van der Waals surface area contributed by atoms with E-state index in [4.69, 9.17) is 0 Å². The summed E-state index contributed by atoms with van der Waals surface area (Å²) in [5, 5.41) is 33.9. The van der Waals surface area contributed by atoms with E-state index < -0.39 is 31.2 Å². The van der Waals surface area contributed by atoms with Crippen molar-refractivity contribution in [2.24, 2.45) is 10.2 Å².